The first kappa shape index (κ1) is 21.6. The van der Waals surface area contributed by atoms with Gasteiger partial charge in [-0.15, -0.1) is 11.3 Å². The lowest BCUT2D eigenvalue weighted by Crippen LogP contribution is -2.18. The number of para-hydroxylation sites is 1. The highest BCUT2D eigenvalue weighted by molar-refractivity contribution is 7.17. The van der Waals surface area contributed by atoms with Crippen LogP contribution in [0.2, 0.25) is 5.02 Å². The van der Waals surface area contributed by atoms with E-state index in [1.165, 1.54) is 11.3 Å². The predicted molar refractivity (Wildman–Crippen MR) is 134 cm³/mol. The molecule has 2 amide bonds. The van der Waals surface area contributed by atoms with Gasteiger partial charge in [-0.1, -0.05) is 54.4 Å². The summed E-state index contributed by atoms with van der Waals surface area (Å²) in [6.07, 6.45) is 4.96. The molecule has 2 heterocycles. The second-order valence-corrected chi connectivity index (χ2v) is 9.65. The summed E-state index contributed by atoms with van der Waals surface area (Å²) in [6, 6.07) is 16.7. The van der Waals surface area contributed by atoms with E-state index in [1.807, 2.05) is 42.5 Å². The fraction of sp³-hybridized carbons (Fsp3) is 0.192. The molecule has 2 aromatic heterocycles. The van der Waals surface area contributed by atoms with Crippen LogP contribution < -0.4 is 11.1 Å². The third-order valence-electron chi connectivity index (χ3n) is 6.01. The largest absolute Gasteiger partial charge is 0.365 e. The van der Waals surface area contributed by atoms with E-state index in [1.54, 1.807) is 12.1 Å². The molecule has 0 atom stereocenters. The number of carbonyl (C=O) groups is 2. The summed E-state index contributed by atoms with van der Waals surface area (Å²) in [4.78, 5) is 31.7. The number of rotatable bonds is 4. The summed E-state index contributed by atoms with van der Waals surface area (Å²) in [6.45, 7) is 0. The summed E-state index contributed by atoms with van der Waals surface area (Å²) >= 11 is 7.87. The number of carbonyl (C=O) groups excluding carboxylic acids is 2. The number of nitrogens with two attached hydrogens (primary N) is 1. The van der Waals surface area contributed by atoms with Gasteiger partial charge in [0.15, 0.2) is 0 Å². The Balaban J connectivity index is 1.60. The number of pyridine rings is 1. The maximum atomic E-state index is 13.5. The minimum absolute atomic E-state index is 0.305. The van der Waals surface area contributed by atoms with Crippen molar-refractivity contribution < 1.29 is 9.59 Å². The molecule has 1 aliphatic rings. The Morgan fingerprint density at radius 2 is 1.76 bits per heavy atom. The van der Waals surface area contributed by atoms with Gasteiger partial charge in [0.05, 0.1) is 22.3 Å². The number of aryl methyl sites for hydroxylation is 1. The molecule has 1 aliphatic carbocycles. The molecule has 0 aliphatic heterocycles. The topological polar surface area (TPSA) is 85.1 Å². The number of fused-ring (bicyclic) bond motifs is 2. The highest BCUT2D eigenvalue weighted by atomic mass is 35.5. The van der Waals surface area contributed by atoms with Gasteiger partial charge in [0.2, 0.25) is 0 Å². The summed E-state index contributed by atoms with van der Waals surface area (Å²) in [5, 5.41) is 4.80. The maximum absolute atomic E-state index is 13.5. The molecule has 0 fully saturated rings. The Morgan fingerprint density at radius 3 is 2.58 bits per heavy atom. The van der Waals surface area contributed by atoms with Crippen LogP contribution in [-0.4, -0.2) is 16.8 Å². The van der Waals surface area contributed by atoms with Gasteiger partial charge in [0.1, 0.15) is 5.00 Å². The maximum Gasteiger partial charge on any atom is 0.257 e. The molecule has 3 N–H and O–H groups in total. The van der Waals surface area contributed by atoms with Crippen LogP contribution in [-0.2, 0) is 12.8 Å². The van der Waals surface area contributed by atoms with E-state index in [-0.39, 0.29) is 5.91 Å². The Kier molecular flexibility index (Phi) is 5.87. The van der Waals surface area contributed by atoms with Gasteiger partial charge < -0.3 is 11.1 Å². The molecule has 0 saturated heterocycles. The predicted octanol–water partition coefficient (Wildman–Crippen LogP) is 6.24. The fourth-order valence-electron chi connectivity index (χ4n) is 4.43. The standard InChI is InChI=1S/C26H22ClN3O2S/c27-19-11-6-4-9-16(19)21-14-18(15-8-5-7-12-20(15)29-21)25(32)30-26-23(24(28)31)17-10-2-1-3-13-22(17)33-26/h4-9,11-12,14H,1-3,10,13H2,(H2,28,31)(H,30,32). The normalized spacial score (nSPS) is 13.4. The number of primary amides is 1. The SMILES string of the molecule is NC(=O)c1c(NC(=O)c2cc(-c3ccccc3Cl)nc3ccccc23)sc2c1CCCCC2. The molecule has 5 rings (SSSR count). The van der Waals surface area contributed by atoms with E-state index in [0.717, 1.165) is 53.5 Å². The molecule has 166 valence electrons. The monoisotopic (exact) mass is 475 g/mol. The van der Waals surface area contributed by atoms with Crippen molar-refractivity contribution in [2.75, 3.05) is 5.32 Å². The molecule has 33 heavy (non-hydrogen) atoms. The van der Waals surface area contributed by atoms with Gasteiger partial charge in [-0.25, -0.2) is 4.98 Å². The van der Waals surface area contributed by atoms with Crippen LogP contribution in [0.15, 0.2) is 54.6 Å². The number of thiophene rings is 1. The quantitative estimate of drug-likeness (QED) is 0.343. The minimum atomic E-state index is -0.499. The molecule has 0 bridgehead atoms. The number of hydrogen-bond acceptors (Lipinski definition) is 4. The molecule has 7 heteroatoms. The highest BCUT2D eigenvalue weighted by Gasteiger charge is 2.25. The van der Waals surface area contributed by atoms with E-state index in [0.29, 0.717) is 32.4 Å². The number of nitrogens with zero attached hydrogens (tertiary/aromatic N) is 1. The van der Waals surface area contributed by atoms with Crippen LogP contribution >= 0.6 is 22.9 Å². The zero-order valence-corrected chi connectivity index (χ0v) is 19.4. The van der Waals surface area contributed by atoms with Gasteiger partial charge in [0, 0.05) is 20.8 Å². The molecule has 4 aromatic rings. The lowest BCUT2D eigenvalue weighted by Gasteiger charge is -2.11. The third-order valence-corrected chi connectivity index (χ3v) is 7.54. The zero-order valence-electron chi connectivity index (χ0n) is 17.9. The smallest absolute Gasteiger partial charge is 0.257 e. The van der Waals surface area contributed by atoms with Crippen molar-refractivity contribution in [2.24, 2.45) is 5.73 Å². The Morgan fingerprint density at radius 1 is 1.00 bits per heavy atom. The number of nitrogens with one attached hydrogen (secondary N) is 1. The Labute approximate surface area is 200 Å². The van der Waals surface area contributed by atoms with Crippen LogP contribution in [0, 0.1) is 0 Å². The van der Waals surface area contributed by atoms with Crippen molar-refractivity contribution in [1.82, 2.24) is 4.98 Å². The second kappa shape index (κ2) is 8.96. The Hall–Kier alpha value is -3.22. The molecule has 2 aromatic carbocycles. The van der Waals surface area contributed by atoms with Crippen molar-refractivity contribution >= 4 is 50.7 Å². The van der Waals surface area contributed by atoms with Gasteiger partial charge in [-0.2, -0.15) is 0 Å². The minimum Gasteiger partial charge on any atom is -0.365 e. The number of benzene rings is 2. The first-order chi connectivity index (χ1) is 16.0. The van der Waals surface area contributed by atoms with E-state index in [9.17, 15) is 9.59 Å². The summed E-state index contributed by atoms with van der Waals surface area (Å²) < 4.78 is 0. The van der Waals surface area contributed by atoms with E-state index >= 15 is 0 Å². The van der Waals surface area contributed by atoms with E-state index in [4.69, 9.17) is 22.3 Å². The van der Waals surface area contributed by atoms with Crippen LogP contribution in [0.4, 0.5) is 5.00 Å². The van der Waals surface area contributed by atoms with E-state index in [2.05, 4.69) is 5.32 Å². The number of hydrogen-bond donors (Lipinski definition) is 2. The third kappa shape index (κ3) is 4.12. The van der Waals surface area contributed by atoms with Crippen molar-refractivity contribution in [1.29, 1.82) is 0 Å². The van der Waals surface area contributed by atoms with Crippen molar-refractivity contribution in [2.45, 2.75) is 32.1 Å². The van der Waals surface area contributed by atoms with Crippen LogP contribution in [0.5, 0.6) is 0 Å². The van der Waals surface area contributed by atoms with Crippen LogP contribution in [0.25, 0.3) is 22.2 Å². The highest BCUT2D eigenvalue weighted by Crippen LogP contribution is 2.38. The molecule has 0 radical (unpaired) electrons. The first-order valence-corrected chi connectivity index (χ1v) is 12.1. The van der Waals surface area contributed by atoms with Crippen LogP contribution in [0.1, 0.15) is 50.4 Å². The molecule has 0 spiro atoms. The molecular weight excluding hydrogens is 454 g/mol. The van der Waals surface area contributed by atoms with Gasteiger partial charge in [-0.3, -0.25) is 9.59 Å². The summed E-state index contributed by atoms with van der Waals surface area (Å²) in [5.41, 5.74) is 9.72. The average molecular weight is 476 g/mol. The van der Waals surface area contributed by atoms with Crippen molar-refractivity contribution in [3.63, 3.8) is 0 Å². The summed E-state index contributed by atoms with van der Waals surface area (Å²) in [5.74, 6) is -0.804. The Bertz CT molecular complexity index is 1400. The lowest BCUT2D eigenvalue weighted by molar-refractivity contribution is 0.100. The molecular formula is C26H22ClN3O2S. The lowest BCUT2D eigenvalue weighted by atomic mass is 10.0. The average Bonchev–Trinajstić information content (AvgIpc) is 2.99. The first-order valence-electron chi connectivity index (χ1n) is 10.9. The number of halogens is 1. The molecule has 5 nitrogen and oxygen atoms in total. The molecule has 0 saturated carbocycles. The van der Waals surface area contributed by atoms with Crippen molar-refractivity contribution in [3.05, 3.63) is 81.2 Å². The number of anilines is 1. The van der Waals surface area contributed by atoms with Gasteiger partial charge in [0.25, 0.3) is 11.8 Å². The number of aromatic nitrogens is 1. The van der Waals surface area contributed by atoms with Crippen molar-refractivity contribution in [3.8, 4) is 11.3 Å². The summed E-state index contributed by atoms with van der Waals surface area (Å²) in [7, 11) is 0. The van der Waals surface area contributed by atoms with E-state index < -0.39 is 5.91 Å². The van der Waals surface area contributed by atoms with Gasteiger partial charge >= 0.3 is 0 Å². The number of amides is 2. The second-order valence-electron chi connectivity index (χ2n) is 8.14. The molecule has 0 unspecified atom stereocenters. The fourth-order valence-corrected chi connectivity index (χ4v) is 5.95. The van der Waals surface area contributed by atoms with Crippen LogP contribution in [0.3, 0.4) is 0 Å². The zero-order chi connectivity index (χ0) is 22.9. The van der Waals surface area contributed by atoms with Gasteiger partial charge in [-0.05, 0) is 49.4 Å².